The Morgan fingerprint density at radius 2 is 1.74 bits per heavy atom. The number of aryl methyl sites for hydroxylation is 3. The fourth-order valence-corrected chi connectivity index (χ4v) is 5.01. The van der Waals surface area contributed by atoms with Gasteiger partial charge in [-0.2, -0.15) is 13.2 Å². The molecular formula is C27H31F3N2O2. The number of halogens is 3. The van der Waals surface area contributed by atoms with Crippen LogP contribution < -0.4 is 0 Å². The summed E-state index contributed by atoms with van der Waals surface area (Å²) in [6.45, 7) is 13.1. The standard InChI is InChI=1S/C27H31F3N2O2/c1-16-7-8-21(19(4)32-9-11-34-12-10-32)18(3)25(16)26(33-6)24-15-22-17(2)13-20(27(28,29)30)14-23(22)31(24)5/h7-8,13-15,26H,4,9-12H2,1-3,5-6H3. The third-order valence-corrected chi connectivity index (χ3v) is 6.94. The maximum absolute atomic E-state index is 13.4. The van der Waals surface area contributed by atoms with Crippen LogP contribution in [0.3, 0.4) is 0 Å². The van der Waals surface area contributed by atoms with Crippen LogP contribution in [0.25, 0.3) is 16.6 Å². The van der Waals surface area contributed by atoms with Gasteiger partial charge in [-0.15, -0.1) is 0 Å². The number of aromatic nitrogens is 1. The van der Waals surface area contributed by atoms with Gasteiger partial charge in [-0.3, -0.25) is 0 Å². The van der Waals surface area contributed by atoms with E-state index in [-0.39, 0.29) is 0 Å². The zero-order chi connectivity index (χ0) is 24.8. The molecule has 2 aromatic carbocycles. The number of alkyl halides is 3. The predicted octanol–water partition coefficient (Wildman–Crippen LogP) is 6.16. The molecule has 3 aromatic rings. The number of rotatable bonds is 5. The van der Waals surface area contributed by atoms with E-state index in [0.29, 0.717) is 24.3 Å². The van der Waals surface area contributed by atoms with Gasteiger partial charge in [-0.1, -0.05) is 18.7 Å². The lowest BCUT2D eigenvalue weighted by Gasteiger charge is -2.32. The van der Waals surface area contributed by atoms with Crippen LogP contribution in [0.15, 0.2) is 36.9 Å². The molecule has 1 unspecified atom stereocenters. The molecule has 1 aliphatic rings. The Labute approximate surface area is 198 Å². The first kappa shape index (κ1) is 24.4. The number of morpholine rings is 1. The first-order valence-electron chi connectivity index (χ1n) is 11.4. The van der Waals surface area contributed by atoms with Gasteiger partial charge in [-0.25, -0.2) is 0 Å². The topological polar surface area (TPSA) is 26.6 Å². The van der Waals surface area contributed by atoms with Crippen LogP contribution in [0.5, 0.6) is 0 Å². The Bertz CT molecular complexity index is 1240. The lowest BCUT2D eigenvalue weighted by molar-refractivity contribution is -0.137. The SMILES string of the molecule is C=C(c1ccc(C)c(C(OC)c2cc3c(C)cc(C(F)(F)F)cc3n2C)c1C)N1CCOCC1. The summed E-state index contributed by atoms with van der Waals surface area (Å²) >= 11 is 0. The Kier molecular flexibility index (Phi) is 6.53. The van der Waals surface area contributed by atoms with Crippen LogP contribution in [0.4, 0.5) is 13.2 Å². The maximum Gasteiger partial charge on any atom is 0.416 e. The average Bonchev–Trinajstić information content (AvgIpc) is 3.13. The highest BCUT2D eigenvalue weighted by Crippen LogP contribution is 2.39. The van der Waals surface area contributed by atoms with Crippen molar-refractivity contribution in [1.82, 2.24) is 9.47 Å². The second-order valence-electron chi connectivity index (χ2n) is 8.98. The fraction of sp³-hybridized carbons (Fsp3) is 0.407. The van der Waals surface area contributed by atoms with Crippen LogP contribution in [-0.2, 0) is 22.7 Å². The number of hydrogen-bond donors (Lipinski definition) is 0. The molecule has 0 saturated carbocycles. The first-order valence-corrected chi connectivity index (χ1v) is 11.4. The van der Waals surface area contributed by atoms with Crippen molar-refractivity contribution in [2.45, 2.75) is 33.1 Å². The van der Waals surface area contributed by atoms with Crippen LogP contribution in [-0.4, -0.2) is 42.9 Å². The summed E-state index contributed by atoms with van der Waals surface area (Å²) in [5, 5.41) is 0.789. The molecule has 0 radical (unpaired) electrons. The van der Waals surface area contributed by atoms with Crippen molar-refractivity contribution in [3.8, 4) is 0 Å². The zero-order valence-corrected chi connectivity index (χ0v) is 20.3. The van der Waals surface area contributed by atoms with Gasteiger partial charge in [0.15, 0.2) is 0 Å². The monoisotopic (exact) mass is 472 g/mol. The van der Waals surface area contributed by atoms with E-state index in [1.807, 2.05) is 17.6 Å². The van der Waals surface area contributed by atoms with E-state index in [2.05, 4.69) is 30.5 Å². The largest absolute Gasteiger partial charge is 0.416 e. The molecule has 0 aliphatic carbocycles. The van der Waals surface area contributed by atoms with E-state index in [1.165, 1.54) is 12.1 Å². The molecule has 4 nitrogen and oxygen atoms in total. The van der Waals surface area contributed by atoms with E-state index in [4.69, 9.17) is 9.47 Å². The molecule has 0 N–H and O–H groups in total. The van der Waals surface area contributed by atoms with Gasteiger partial charge in [0.1, 0.15) is 6.10 Å². The summed E-state index contributed by atoms with van der Waals surface area (Å²) in [6.07, 6.45) is -4.84. The van der Waals surface area contributed by atoms with E-state index >= 15 is 0 Å². The van der Waals surface area contributed by atoms with Gasteiger partial charge in [0.2, 0.25) is 0 Å². The number of ether oxygens (including phenoxy) is 2. The third-order valence-electron chi connectivity index (χ3n) is 6.94. The first-order chi connectivity index (χ1) is 16.0. The van der Waals surface area contributed by atoms with Crippen LogP contribution in [0.2, 0.25) is 0 Å². The Hall–Kier alpha value is -2.77. The lowest BCUT2D eigenvalue weighted by Crippen LogP contribution is -2.34. The van der Waals surface area contributed by atoms with Crippen molar-refractivity contribution in [2.24, 2.45) is 7.05 Å². The van der Waals surface area contributed by atoms with Gasteiger partial charge in [0, 0.05) is 49.4 Å². The molecular weight excluding hydrogens is 441 g/mol. The summed E-state index contributed by atoms with van der Waals surface area (Å²) < 4.78 is 53.6. The molecule has 182 valence electrons. The molecule has 0 bridgehead atoms. The normalized spacial score (nSPS) is 15.7. The lowest BCUT2D eigenvalue weighted by atomic mass is 9.90. The Morgan fingerprint density at radius 3 is 2.35 bits per heavy atom. The second-order valence-corrected chi connectivity index (χ2v) is 8.98. The molecule has 1 aliphatic heterocycles. The van der Waals surface area contributed by atoms with E-state index in [1.54, 1.807) is 21.1 Å². The van der Waals surface area contributed by atoms with Gasteiger partial charge in [0.25, 0.3) is 0 Å². The molecule has 34 heavy (non-hydrogen) atoms. The second kappa shape index (κ2) is 9.12. The van der Waals surface area contributed by atoms with Crippen molar-refractivity contribution in [2.75, 3.05) is 33.4 Å². The molecule has 0 amide bonds. The van der Waals surface area contributed by atoms with Crippen molar-refractivity contribution in [3.05, 3.63) is 76.0 Å². The van der Waals surface area contributed by atoms with Gasteiger partial charge >= 0.3 is 6.18 Å². The summed E-state index contributed by atoms with van der Waals surface area (Å²) in [5.41, 5.74) is 6.39. The quantitative estimate of drug-likeness (QED) is 0.445. The number of hydrogen-bond acceptors (Lipinski definition) is 3. The van der Waals surface area contributed by atoms with E-state index < -0.39 is 17.8 Å². The summed E-state index contributed by atoms with van der Waals surface area (Å²) in [4.78, 5) is 2.23. The minimum absolute atomic E-state index is 0.441. The highest BCUT2D eigenvalue weighted by atomic mass is 19.4. The molecule has 4 rings (SSSR count). The van der Waals surface area contributed by atoms with E-state index in [9.17, 15) is 13.2 Å². The maximum atomic E-state index is 13.4. The highest BCUT2D eigenvalue weighted by molar-refractivity contribution is 5.86. The molecule has 0 spiro atoms. The number of nitrogens with zero attached hydrogens (tertiary/aromatic N) is 2. The van der Waals surface area contributed by atoms with Crippen molar-refractivity contribution in [3.63, 3.8) is 0 Å². The Morgan fingerprint density at radius 1 is 1.06 bits per heavy atom. The van der Waals surface area contributed by atoms with E-state index in [0.717, 1.165) is 52.1 Å². The molecule has 2 heterocycles. The predicted molar refractivity (Wildman–Crippen MR) is 129 cm³/mol. The van der Waals surface area contributed by atoms with Crippen molar-refractivity contribution in [1.29, 1.82) is 0 Å². The minimum atomic E-state index is -4.40. The third kappa shape index (κ3) is 4.23. The van der Waals surface area contributed by atoms with Gasteiger partial charge < -0.3 is 18.9 Å². The highest BCUT2D eigenvalue weighted by Gasteiger charge is 2.32. The minimum Gasteiger partial charge on any atom is -0.378 e. The van der Waals surface area contributed by atoms with Gasteiger partial charge in [0.05, 0.1) is 24.5 Å². The summed E-state index contributed by atoms with van der Waals surface area (Å²) in [6, 6.07) is 8.51. The number of methoxy groups -OCH3 is 1. The molecule has 1 aromatic heterocycles. The van der Waals surface area contributed by atoms with Crippen LogP contribution in [0, 0.1) is 20.8 Å². The number of benzene rings is 2. The molecule has 1 atom stereocenters. The fourth-order valence-electron chi connectivity index (χ4n) is 5.01. The molecule has 7 heteroatoms. The summed E-state index contributed by atoms with van der Waals surface area (Å²) in [7, 11) is 3.43. The smallest absolute Gasteiger partial charge is 0.378 e. The molecule has 1 saturated heterocycles. The van der Waals surface area contributed by atoms with Crippen molar-refractivity contribution < 1.29 is 22.6 Å². The number of fused-ring (bicyclic) bond motifs is 1. The zero-order valence-electron chi connectivity index (χ0n) is 20.3. The van der Waals surface area contributed by atoms with Crippen LogP contribution >= 0.6 is 0 Å². The van der Waals surface area contributed by atoms with Crippen LogP contribution in [0.1, 0.15) is 45.2 Å². The van der Waals surface area contributed by atoms with Gasteiger partial charge in [-0.05, 0) is 61.2 Å². The Balaban J connectivity index is 1.83. The summed E-state index contributed by atoms with van der Waals surface area (Å²) in [5.74, 6) is 0. The van der Waals surface area contributed by atoms with Crippen molar-refractivity contribution >= 4 is 16.6 Å². The average molecular weight is 473 g/mol. The molecule has 1 fully saturated rings.